The fourth-order valence-electron chi connectivity index (χ4n) is 2.04. The number of nitrogens with two attached hydrogens (primary N) is 1. The number of carbonyl (C=O) groups is 1. The molecule has 0 saturated heterocycles. The van der Waals surface area contributed by atoms with E-state index in [4.69, 9.17) is 10.2 Å². The fourth-order valence-corrected chi connectivity index (χ4v) is 2.44. The number of alkyl halides is 3. The van der Waals surface area contributed by atoms with Gasteiger partial charge in [0, 0.05) is 12.2 Å². The molecule has 0 spiro atoms. The van der Waals surface area contributed by atoms with E-state index in [2.05, 4.69) is 10.0 Å². The van der Waals surface area contributed by atoms with Gasteiger partial charge in [-0.15, -0.1) is 0 Å². The standard InChI is InChI=1S/C15H16F3N3O4S/c1-26(23,24)20-8-12-2-3-13(25-12)14(22)21-11-5-9(7-19)4-10(6-11)15(16,17)18/h2-6,20H,7-8,19H2,1H3,(H,21,22). The van der Waals surface area contributed by atoms with Gasteiger partial charge in [0.25, 0.3) is 5.91 Å². The number of halogens is 3. The Morgan fingerprint density at radius 1 is 1.23 bits per heavy atom. The van der Waals surface area contributed by atoms with Crippen molar-refractivity contribution in [3.8, 4) is 0 Å². The fraction of sp³-hybridized carbons (Fsp3) is 0.267. The summed E-state index contributed by atoms with van der Waals surface area (Å²) in [5.74, 6) is -0.785. The lowest BCUT2D eigenvalue weighted by atomic mass is 10.1. The molecule has 2 rings (SSSR count). The molecule has 0 saturated carbocycles. The van der Waals surface area contributed by atoms with E-state index in [0.29, 0.717) is 0 Å². The van der Waals surface area contributed by atoms with Gasteiger partial charge in [0.2, 0.25) is 10.0 Å². The topological polar surface area (TPSA) is 114 Å². The van der Waals surface area contributed by atoms with Crippen molar-refractivity contribution in [2.24, 2.45) is 5.73 Å². The molecule has 1 amide bonds. The van der Waals surface area contributed by atoms with Crippen LogP contribution in [0.25, 0.3) is 0 Å². The molecule has 0 unspecified atom stereocenters. The highest BCUT2D eigenvalue weighted by Gasteiger charge is 2.31. The van der Waals surface area contributed by atoms with E-state index < -0.39 is 27.7 Å². The van der Waals surface area contributed by atoms with E-state index in [0.717, 1.165) is 18.4 Å². The SMILES string of the molecule is CS(=O)(=O)NCc1ccc(C(=O)Nc2cc(CN)cc(C(F)(F)F)c2)o1. The van der Waals surface area contributed by atoms with Crippen molar-refractivity contribution < 1.29 is 30.8 Å². The van der Waals surface area contributed by atoms with Crippen LogP contribution >= 0.6 is 0 Å². The lowest BCUT2D eigenvalue weighted by Crippen LogP contribution is -2.20. The number of rotatable bonds is 6. The Kier molecular flexibility index (Phi) is 5.74. The van der Waals surface area contributed by atoms with E-state index in [1.54, 1.807) is 0 Å². The summed E-state index contributed by atoms with van der Waals surface area (Å²) < 4.78 is 68.1. The molecule has 0 aliphatic rings. The van der Waals surface area contributed by atoms with Crippen LogP contribution in [0.4, 0.5) is 18.9 Å². The number of nitrogens with one attached hydrogen (secondary N) is 2. The second kappa shape index (κ2) is 7.48. The number of furan rings is 1. The maximum Gasteiger partial charge on any atom is 0.416 e. The Balaban J connectivity index is 2.16. The van der Waals surface area contributed by atoms with Crippen molar-refractivity contribution in [2.45, 2.75) is 19.3 Å². The Labute approximate surface area is 147 Å². The van der Waals surface area contributed by atoms with Crippen LogP contribution in [-0.2, 0) is 29.3 Å². The van der Waals surface area contributed by atoms with Crippen LogP contribution < -0.4 is 15.8 Å². The predicted octanol–water partition coefficient (Wildman–Crippen LogP) is 2.06. The highest BCUT2D eigenvalue weighted by Crippen LogP contribution is 2.32. The van der Waals surface area contributed by atoms with Crippen LogP contribution in [0.1, 0.15) is 27.4 Å². The molecule has 4 N–H and O–H groups in total. The zero-order chi connectivity index (χ0) is 19.5. The molecule has 0 bridgehead atoms. The van der Waals surface area contributed by atoms with Gasteiger partial charge in [0.05, 0.1) is 18.4 Å². The molecular formula is C15H16F3N3O4S. The second-order valence-corrected chi connectivity index (χ2v) is 7.27. The average Bonchev–Trinajstić information content (AvgIpc) is 3.00. The number of hydrogen-bond acceptors (Lipinski definition) is 5. The van der Waals surface area contributed by atoms with Gasteiger partial charge < -0.3 is 15.5 Å². The molecule has 1 aromatic heterocycles. The van der Waals surface area contributed by atoms with Gasteiger partial charge in [0.1, 0.15) is 5.76 Å². The molecule has 11 heteroatoms. The summed E-state index contributed by atoms with van der Waals surface area (Å²) in [6, 6.07) is 5.67. The Hall–Kier alpha value is -2.37. The van der Waals surface area contributed by atoms with Crippen molar-refractivity contribution in [2.75, 3.05) is 11.6 Å². The normalized spacial score (nSPS) is 12.2. The number of benzene rings is 1. The molecule has 0 aliphatic heterocycles. The number of carbonyl (C=O) groups excluding carboxylic acids is 1. The lowest BCUT2D eigenvalue weighted by Gasteiger charge is -2.12. The molecular weight excluding hydrogens is 375 g/mol. The van der Waals surface area contributed by atoms with Crippen molar-refractivity contribution in [1.82, 2.24) is 4.72 Å². The number of anilines is 1. The third-order valence-corrected chi connectivity index (χ3v) is 3.88. The molecule has 142 valence electrons. The quantitative estimate of drug-likeness (QED) is 0.697. The molecule has 0 fully saturated rings. The monoisotopic (exact) mass is 391 g/mol. The van der Waals surface area contributed by atoms with E-state index in [9.17, 15) is 26.4 Å². The van der Waals surface area contributed by atoms with Gasteiger partial charge >= 0.3 is 6.18 Å². The van der Waals surface area contributed by atoms with E-state index in [1.807, 2.05) is 0 Å². The molecule has 26 heavy (non-hydrogen) atoms. The van der Waals surface area contributed by atoms with Crippen LogP contribution in [0.15, 0.2) is 34.7 Å². The molecule has 1 heterocycles. The molecule has 2 aromatic rings. The van der Waals surface area contributed by atoms with Crippen LogP contribution in [0, 0.1) is 0 Å². The summed E-state index contributed by atoms with van der Waals surface area (Å²) in [6.45, 7) is -0.290. The van der Waals surface area contributed by atoms with E-state index in [1.165, 1.54) is 18.2 Å². The highest BCUT2D eigenvalue weighted by molar-refractivity contribution is 7.88. The van der Waals surface area contributed by atoms with Crippen LogP contribution in [0.3, 0.4) is 0 Å². The van der Waals surface area contributed by atoms with Gasteiger partial charge in [-0.3, -0.25) is 4.79 Å². The molecule has 1 aromatic carbocycles. The summed E-state index contributed by atoms with van der Waals surface area (Å²) >= 11 is 0. The molecule has 0 atom stereocenters. The third-order valence-electron chi connectivity index (χ3n) is 3.21. The van der Waals surface area contributed by atoms with Gasteiger partial charge in [-0.05, 0) is 35.9 Å². The van der Waals surface area contributed by atoms with Crippen molar-refractivity contribution in [3.05, 3.63) is 53.0 Å². The van der Waals surface area contributed by atoms with E-state index in [-0.39, 0.29) is 35.9 Å². The van der Waals surface area contributed by atoms with E-state index >= 15 is 0 Å². The van der Waals surface area contributed by atoms with Crippen molar-refractivity contribution >= 4 is 21.6 Å². The summed E-state index contributed by atoms with van der Waals surface area (Å²) in [6.07, 6.45) is -3.62. The average molecular weight is 391 g/mol. The maximum atomic E-state index is 12.9. The number of amides is 1. The zero-order valence-corrected chi connectivity index (χ0v) is 14.4. The highest BCUT2D eigenvalue weighted by atomic mass is 32.2. The van der Waals surface area contributed by atoms with Gasteiger partial charge in [-0.1, -0.05) is 0 Å². The van der Waals surface area contributed by atoms with Gasteiger partial charge in [-0.25, -0.2) is 13.1 Å². The molecule has 7 nitrogen and oxygen atoms in total. The Bertz CT molecular complexity index is 907. The van der Waals surface area contributed by atoms with Gasteiger partial charge in [0.15, 0.2) is 5.76 Å². The van der Waals surface area contributed by atoms with Crippen LogP contribution in [0.5, 0.6) is 0 Å². The summed E-state index contributed by atoms with van der Waals surface area (Å²) in [5, 5.41) is 2.30. The summed E-state index contributed by atoms with van der Waals surface area (Å²) in [4.78, 5) is 12.1. The minimum atomic E-state index is -4.58. The minimum absolute atomic E-state index is 0.0857. The minimum Gasteiger partial charge on any atom is -0.455 e. The number of sulfonamides is 1. The maximum absolute atomic E-state index is 12.9. The molecule has 0 aliphatic carbocycles. The molecule has 0 radical (unpaired) electrons. The zero-order valence-electron chi connectivity index (χ0n) is 13.6. The largest absolute Gasteiger partial charge is 0.455 e. The smallest absolute Gasteiger partial charge is 0.416 e. The van der Waals surface area contributed by atoms with Gasteiger partial charge in [-0.2, -0.15) is 13.2 Å². The first-order valence-corrected chi connectivity index (χ1v) is 9.13. The lowest BCUT2D eigenvalue weighted by molar-refractivity contribution is -0.137. The first kappa shape index (κ1) is 19.9. The first-order valence-electron chi connectivity index (χ1n) is 7.24. The van der Waals surface area contributed by atoms with Crippen molar-refractivity contribution in [3.63, 3.8) is 0 Å². The Morgan fingerprint density at radius 3 is 2.50 bits per heavy atom. The third kappa shape index (κ3) is 5.58. The van der Waals surface area contributed by atoms with Crippen molar-refractivity contribution in [1.29, 1.82) is 0 Å². The van der Waals surface area contributed by atoms with Crippen LogP contribution in [-0.4, -0.2) is 20.6 Å². The summed E-state index contributed by atoms with van der Waals surface area (Å²) in [5.41, 5.74) is 4.57. The second-order valence-electron chi connectivity index (χ2n) is 5.43. The summed E-state index contributed by atoms with van der Waals surface area (Å²) in [7, 11) is -3.44. The first-order chi connectivity index (χ1) is 12.0. The Morgan fingerprint density at radius 2 is 1.92 bits per heavy atom. The number of hydrogen-bond donors (Lipinski definition) is 3. The predicted molar refractivity (Wildman–Crippen MR) is 87.7 cm³/mol. The van der Waals surface area contributed by atoms with Crippen LogP contribution in [0.2, 0.25) is 0 Å².